The molecule has 2 nitrogen and oxygen atoms in total. The van der Waals surface area contributed by atoms with Crippen LogP contribution >= 0.6 is 0 Å². The van der Waals surface area contributed by atoms with Crippen LogP contribution in [0.1, 0.15) is 38.5 Å². The van der Waals surface area contributed by atoms with Crippen molar-refractivity contribution in [1.29, 1.82) is 0 Å². The van der Waals surface area contributed by atoms with Gasteiger partial charge < -0.3 is 10.2 Å². The van der Waals surface area contributed by atoms with Gasteiger partial charge in [0.25, 0.3) is 0 Å². The summed E-state index contributed by atoms with van der Waals surface area (Å²) in [7, 11) is 0. The standard InChI is InChI=1S/C16H16F12O2/c17-11(18,13(21,29)15(23,24)25)9-2-7-1-8(4-9)5-10(3-7,6-9)12(19,20)14(22,30)16(26,27)28/h7-8,29-30H,1-6H2. The Morgan fingerprint density at radius 2 is 0.800 bits per heavy atom. The molecule has 4 saturated carbocycles. The van der Waals surface area contributed by atoms with Gasteiger partial charge in [0.1, 0.15) is 0 Å². The van der Waals surface area contributed by atoms with Gasteiger partial charge in [-0.15, -0.1) is 0 Å². The van der Waals surface area contributed by atoms with E-state index in [2.05, 4.69) is 0 Å². The summed E-state index contributed by atoms with van der Waals surface area (Å²) in [5, 5.41) is 18.0. The lowest BCUT2D eigenvalue weighted by atomic mass is 9.40. The Morgan fingerprint density at radius 1 is 0.533 bits per heavy atom. The Labute approximate surface area is 161 Å². The van der Waals surface area contributed by atoms with Crippen LogP contribution in [0.5, 0.6) is 0 Å². The van der Waals surface area contributed by atoms with Crippen LogP contribution in [-0.2, 0) is 0 Å². The van der Waals surface area contributed by atoms with Gasteiger partial charge in [-0.2, -0.15) is 52.7 Å². The van der Waals surface area contributed by atoms with Crippen molar-refractivity contribution >= 4 is 0 Å². The SMILES string of the molecule is OC(F)(C(F)(F)F)C(F)(F)C12CC3CC(C1)CC(C(F)(F)C(O)(F)C(F)(F)F)(C3)C2. The topological polar surface area (TPSA) is 40.5 Å². The Balaban J connectivity index is 2.13. The summed E-state index contributed by atoms with van der Waals surface area (Å²) in [6.07, 6.45) is -19.0. The molecular formula is C16H16F12O2. The molecule has 176 valence electrons. The van der Waals surface area contributed by atoms with Crippen LogP contribution in [0.3, 0.4) is 0 Å². The minimum atomic E-state index is -6.54. The summed E-state index contributed by atoms with van der Waals surface area (Å²) in [5.74, 6) is -26.3. The first-order chi connectivity index (χ1) is 13.1. The van der Waals surface area contributed by atoms with E-state index < -0.39 is 90.7 Å². The third-order valence-electron chi connectivity index (χ3n) is 6.98. The molecule has 30 heavy (non-hydrogen) atoms. The molecule has 4 aliphatic rings. The second-order valence-corrected chi connectivity index (χ2v) is 8.91. The van der Waals surface area contributed by atoms with Crippen LogP contribution in [0.25, 0.3) is 0 Å². The molecule has 4 aliphatic carbocycles. The Bertz CT molecular complexity index is 638. The summed E-state index contributed by atoms with van der Waals surface area (Å²) >= 11 is 0. The van der Waals surface area contributed by atoms with Crippen LogP contribution in [0, 0.1) is 22.7 Å². The normalized spacial score (nSPS) is 39.0. The summed E-state index contributed by atoms with van der Waals surface area (Å²) in [6.45, 7) is 0. The van der Waals surface area contributed by atoms with E-state index in [1.54, 1.807) is 0 Å². The van der Waals surface area contributed by atoms with Gasteiger partial charge in [0, 0.05) is 10.8 Å². The third kappa shape index (κ3) is 2.67. The Hall–Kier alpha value is -0.920. The van der Waals surface area contributed by atoms with Crippen molar-refractivity contribution in [3.8, 4) is 0 Å². The first kappa shape index (κ1) is 23.7. The van der Waals surface area contributed by atoms with Crippen molar-refractivity contribution in [2.45, 2.75) is 74.4 Å². The number of aliphatic hydroxyl groups is 2. The van der Waals surface area contributed by atoms with Crippen molar-refractivity contribution in [3.05, 3.63) is 0 Å². The molecular weight excluding hydrogens is 452 g/mol. The lowest BCUT2D eigenvalue weighted by Gasteiger charge is -2.66. The summed E-state index contributed by atoms with van der Waals surface area (Å²) in [4.78, 5) is 0. The van der Waals surface area contributed by atoms with Gasteiger partial charge in [0.2, 0.25) is 0 Å². The van der Waals surface area contributed by atoms with E-state index in [9.17, 15) is 52.7 Å². The third-order valence-corrected chi connectivity index (χ3v) is 6.98. The maximum absolute atomic E-state index is 14.8. The molecule has 0 saturated heterocycles. The molecule has 0 heterocycles. The fourth-order valence-electron chi connectivity index (χ4n) is 6.06. The highest BCUT2D eigenvalue weighted by atomic mass is 19.4. The summed E-state index contributed by atoms with van der Waals surface area (Å²) in [6, 6.07) is 0. The number of hydrogen-bond donors (Lipinski definition) is 2. The van der Waals surface area contributed by atoms with Crippen LogP contribution in [0.2, 0.25) is 0 Å². The second-order valence-electron chi connectivity index (χ2n) is 8.91. The van der Waals surface area contributed by atoms with E-state index in [1.165, 1.54) is 0 Å². The van der Waals surface area contributed by atoms with E-state index in [4.69, 9.17) is 10.2 Å². The molecule has 0 aromatic carbocycles. The molecule has 2 atom stereocenters. The van der Waals surface area contributed by atoms with Gasteiger partial charge in [-0.3, -0.25) is 0 Å². The Morgan fingerprint density at radius 3 is 1.03 bits per heavy atom. The number of hydrogen-bond acceptors (Lipinski definition) is 2. The number of halogens is 12. The lowest BCUT2D eigenvalue weighted by molar-refractivity contribution is -0.443. The maximum Gasteiger partial charge on any atom is 0.454 e. The fraction of sp³-hybridized carbons (Fsp3) is 1.00. The zero-order chi connectivity index (χ0) is 23.4. The number of alkyl halides is 12. The minimum absolute atomic E-state index is 0.122. The molecule has 2 unspecified atom stereocenters. The predicted octanol–water partition coefficient (Wildman–Crippen LogP) is 5.28. The Kier molecular flexibility index (Phi) is 4.67. The van der Waals surface area contributed by atoms with E-state index in [0.29, 0.717) is 0 Å². The van der Waals surface area contributed by atoms with Crippen molar-refractivity contribution in [1.82, 2.24) is 0 Å². The highest BCUT2D eigenvalue weighted by Gasteiger charge is 2.85. The van der Waals surface area contributed by atoms with Gasteiger partial charge in [-0.05, 0) is 50.4 Å². The predicted molar refractivity (Wildman–Crippen MR) is 73.7 cm³/mol. The largest absolute Gasteiger partial charge is 0.454 e. The molecule has 0 amide bonds. The first-order valence-corrected chi connectivity index (χ1v) is 8.79. The maximum atomic E-state index is 14.8. The minimum Gasteiger partial charge on any atom is -0.350 e. The molecule has 0 aromatic rings. The first-order valence-electron chi connectivity index (χ1n) is 8.79. The molecule has 0 spiro atoms. The summed E-state index contributed by atoms with van der Waals surface area (Å²) in [5.41, 5.74) is -6.61. The zero-order valence-electron chi connectivity index (χ0n) is 14.8. The second kappa shape index (κ2) is 5.90. The van der Waals surface area contributed by atoms with Gasteiger partial charge in [0.05, 0.1) is 0 Å². The van der Waals surface area contributed by atoms with Crippen LogP contribution in [-0.4, -0.2) is 46.1 Å². The molecule has 0 aliphatic heterocycles. The van der Waals surface area contributed by atoms with Gasteiger partial charge in [-0.25, -0.2) is 0 Å². The van der Waals surface area contributed by atoms with Crippen molar-refractivity contribution in [2.75, 3.05) is 0 Å². The smallest absolute Gasteiger partial charge is 0.350 e. The zero-order valence-corrected chi connectivity index (χ0v) is 14.8. The van der Waals surface area contributed by atoms with Gasteiger partial charge in [-0.1, -0.05) is 0 Å². The molecule has 2 N–H and O–H groups in total. The van der Waals surface area contributed by atoms with E-state index in [0.717, 1.165) is 0 Å². The fourth-order valence-corrected chi connectivity index (χ4v) is 6.06. The van der Waals surface area contributed by atoms with Crippen LogP contribution < -0.4 is 0 Å². The van der Waals surface area contributed by atoms with Crippen LogP contribution in [0.4, 0.5) is 52.7 Å². The quantitative estimate of drug-likeness (QED) is 0.551. The van der Waals surface area contributed by atoms with Crippen molar-refractivity contribution in [3.63, 3.8) is 0 Å². The molecule has 0 aromatic heterocycles. The van der Waals surface area contributed by atoms with Gasteiger partial charge >= 0.3 is 35.9 Å². The highest BCUT2D eigenvalue weighted by Crippen LogP contribution is 2.75. The average molecular weight is 468 g/mol. The molecule has 14 heteroatoms. The van der Waals surface area contributed by atoms with Crippen molar-refractivity contribution in [2.24, 2.45) is 22.7 Å². The summed E-state index contributed by atoms with van der Waals surface area (Å²) < 4.78 is 164. The molecule has 0 radical (unpaired) electrons. The average Bonchev–Trinajstić information content (AvgIpc) is 2.50. The molecule has 4 fully saturated rings. The van der Waals surface area contributed by atoms with E-state index >= 15 is 0 Å². The van der Waals surface area contributed by atoms with E-state index in [-0.39, 0.29) is 6.42 Å². The number of rotatable bonds is 4. The lowest BCUT2D eigenvalue weighted by Crippen LogP contribution is -2.73. The van der Waals surface area contributed by atoms with Crippen molar-refractivity contribution < 1.29 is 62.9 Å². The molecule has 4 bridgehead atoms. The highest BCUT2D eigenvalue weighted by molar-refractivity contribution is 5.20. The van der Waals surface area contributed by atoms with E-state index in [1.807, 2.05) is 0 Å². The molecule has 4 rings (SSSR count). The monoisotopic (exact) mass is 468 g/mol. The van der Waals surface area contributed by atoms with Crippen LogP contribution in [0.15, 0.2) is 0 Å². The van der Waals surface area contributed by atoms with Gasteiger partial charge in [0.15, 0.2) is 0 Å².